The predicted molar refractivity (Wildman–Crippen MR) is 120 cm³/mol. The fourth-order valence-electron chi connectivity index (χ4n) is 3.45. The maximum Gasteiger partial charge on any atom is 0.418 e. The van der Waals surface area contributed by atoms with Gasteiger partial charge in [0.25, 0.3) is 5.91 Å². The number of hydrogen-bond acceptors (Lipinski definition) is 2. The van der Waals surface area contributed by atoms with Gasteiger partial charge in [0.1, 0.15) is 5.75 Å². The summed E-state index contributed by atoms with van der Waals surface area (Å²) in [5.74, 6) is 0.0384. The number of para-hydroxylation sites is 1. The Kier molecular flexibility index (Phi) is 7.57. The van der Waals surface area contributed by atoms with Gasteiger partial charge in [0, 0.05) is 5.56 Å². The van der Waals surface area contributed by atoms with Crippen molar-refractivity contribution in [2.75, 3.05) is 11.9 Å². The van der Waals surface area contributed by atoms with Crippen molar-refractivity contribution >= 4 is 11.6 Å². The van der Waals surface area contributed by atoms with Crippen LogP contribution in [0.15, 0.2) is 72.8 Å². The lowest BCUT2D eigenvalue weighted by molar-refractivity contribution is -0.136. The van der Waals surface area contributed by atoms with Crippen LogP contribution < -0.4 is 10.1 Å². The van der Waals surface area contributed by atoms with E-state index in [0.717, 1.165) is 18.9 Å². The van der Waals surface area contributed by atoms with Gasteiger partial charge in [-0.1, -0.05) is 56.3 Å². The number of hydrogen-bond donors (Lipinski definition) is 1. The topological polar surface area (TPSA) is 38.3 Å². The molecule has 1 N–H and O–H groups in total. The number of aryl methyl sites for hydroxylation is 1. The Morgan fingerprint density at radius 1 is 0.969 bits per heavy atom. The lowest BCUT2D eigenvalue weighted by atomic mass is 9.96. The average molecular weight is 441 g/mol. The van der Waals surface area contributed by atoms with E-state index in [9.17, 15) is 18.0 Å². The first-order valence-electron chi connectivity index (χ1n) is 10.5. The molecule has 0 radical (unpaired) electrons. The van der Waals surface area contributed by atoms with Crippen LogP contribution in [0.2, 0.25) is 0 Å². The van der Waals surface area contributed by atoms with Gasteiger partial charge in [-0.2, -0.15) is 13.2 Å². The molecule has 3 aromatic carbocycles. The van der Waals surface area contributed by atoms with Gasteiger partial charge in [-0.3, -0.25) is 4.79 Å². The van der Waals surface area contributed by atoms with Crippen molar-refractivity contribution in [1.29, 1.82) is 0 Å². The van der Waals surface area contributed by atoms with E-state index in [2.05, 4.69) is 17.4 Å². The number of anilines is 1. The van der Waals surface area contributed by atoms with Gasteiger partial charge in [-0.05, 0) is 60.2 Å². The number of halogens is 3. The fraction of sp³-hybridized carbons (Fsp3) is 0.269. The first kappa shape index (κ1) is 23.4. The third-order valence-electron chi connectivity index (χ3n) is 5.09. The third-order valence-corrected chi connectivity index (χ3v) is 5.09. The Balaban J connectivity index is 1.70. The van der Waals surface area contributed by atoms with Crippen LogP contribution in [0.1, 0.15) is 53.2 Å². The van der Waals surface area contributed by atoms with Gasteiger partial charge < -0.3 is 10.1 Å². The molecule has 0 saturated heterocycles. The van der Waals surface area contributed by atoms with Crippen molar-refractivity contribution in [1.82, 2.24) is 0 Å². The van der Waals surface area contributed by atoms with Crippen LogP contribution in [-0.4, -0.2) is 12.5 Å². The Hall–Kier alpha value is -3.28. The van der Waals surface area contributed by atoms with Gasteiger partial charge in [-0.15, -0.1) is 0 Å². The monoisotopic (exact) mass is 441 g/mol. The average Bonchev–Trinajstić information content (AvgIpc) is 2.77. The van der Waals surface area contributed by atoms with Crippen molar-refractivity contribution < 1.29 is 22.7 Å². The normalized spacial score (nSPS) is 11.4. The molecule has 0 spiro atoms. The maximum absolute atomic E-state index is 13.2. The number of carbonyl (C=O) groups excluding carboxylic acids is 1. The molecule has 168 valence electrons. The van der Waals surface area contributed by atoms with Crippen LogP contribution in [0.25, 0.3) is 0 Å². The van der Waals surface area contributed by atoms with Gasteiger partial charge in [0.15, 0.2) is 0 Å². The highest BCUT2D eigenvalue weighted by Crippen LogP contribution is 2.35. The molecule has 3 rings (SSSR count). The third kappa shape index (κ3) is 6.13. The number of benzene rings is 3. The minimum atomic E-state index is -4.55. The van der Waals surface area contributed by atoms with Gasteiger partial charge in [-0.25, -0.2) is 0 Å². The summed E-state index contributed by atoms with van der Waals surface area (Å²) >= 11 is 0. The molecule has 32 heavy (non-hydrogen) atoms. The first-order valence-corrected chi connectivity index (χ1v) is 10.5. The zero-order valence-corrected chi connectivity index (χ0v) is 18.1. The second kappa shape index (κ2) is 10.4. The van der Waals surface area contributed by atoms with Crippen LogP contribution in [0, 0.1) is 0 Å². The summed E-state index contributed by atoms with van der Waals surface area (Å²) < 4.78 is 45.6. The second-order valence-electron chi connectivity index (χ2n) is 7.84. The van der Waals surface area contributed by atoms with E-state index in [1.807, 2.05) is 32.0 Å². The van der Waals surface area contributed by atoms with E-state index in [-0.39, 0.29) is 11.6 Å². The van der Waals surface area contributed by atoms with Crippen molar-refractivity contribution in [2.45, 2.75) is 38.8 Å². The van der Waals surface area contributed by atoms with Gasteiger partial charge in [0.05, 0.1) is 17.9 Å². The number of carbonyl (C=O) groups is 1. The van der Waals surface area contributed by atoms with Crippen molar-refractivity contribution in [3.05, 3.63) is 95.1 Å². The molecule has 0 aromatic heterocycles. The molecule has 0 saturated carbocycles. The number of rotatable bonds is 8. The van der Waals surface area contributed by atoms with E-state index in [0.29, 0.717) is 23.5 Å². The Morgan fingerprint density at radius 3 is 2.34 bits per heavy atom. The molecular formula is C26H26F3NO2. The Bertz CT molecular complexity index is 1050. The second-order valence-corrected chi connectivity index (χ2v) is 7.84. The Labute approximate surface area is 186 Å². The maximum atomic E-state index is 13.2. The van der Waals surface area contributed by atoms with E-state index >= 15 is 0 Å². The molecule has 0 unspecified atom stereocenters. The standard InChI is InChI=1S/C26H26F3NO2/c1-18(2)22-17-20(32-16-8-11-19-9-4-3-5-10-19)14-15-21(22)25(31)30-24-13-7-6-12-23(24)26(27,28)29/h3-7,9-10,12-15,17-18H,8,11,16H2,1-2H3,(H,30,31). The van der Waals surface area contributed by atoms with E-state index in [4.69, 9.17) is 4.74 Å². The molecule has 0 heterocycles. The van der Waals surface area contributed by atoms with Crippen LogP contribution in [0.5, 0.6) is 5.75 Å². The summed E-state index contributed by atoms with van der Waals surface area (Å²) in [6.07, 6.45) is -2.81. The number of amides is 1. The fourth-order valence-corrected chi connectivity index (χ4v) is 3.45. The van der Waals surface area contributed by atoms with Crippen molar-refractivity contribution in [3.63, 3.8) is 0 Å². The lowest BCUT2D eigenvalue weighted by Crippen LogP contribution is -2.18. The highest BCUT2D eigenvalue weighted by molar-refractivity contribution is 6.06. The van der Waals surface area contributed by atoms with Crippen LogP contribution in [0.3, 0.4) is 0 Å². The molecule has 0 fully saturated rings. The highest BCUT2D eigenvalue weighted by Gasteiger charge is 2.33. The van der Waals surface area contributed by atoms with Crippen molar-refractivity contribution in [3.8, 4) is 5.75 Å². The molecule has 0 atom stereocenters. The van der Waals surface area contributed by atoms with Crippen LogP contribution in [0.4, 0.5) is 18.9 Å². The minimum absolute atomic E-state index is 0.0125. The van der Waals surface area contributed by atoms with Gasteiger partial charge >= 0.3 is 6.18 Å². The van der Waals surface area contributed by atoms with Crippen molar-refractivity contribution in [2.24, 2.45) is 0 Å². The molecule has 0 aliphatic heterocycles. The molecule has 0 aliphatic carbocycles. The molecule has 0 bridgehead atoms. The van der Waals surface area contributed by atoms with Crippen LogP contribution in [-0.2, 0) is 12.6 Å². The van der Waals surface area contributed by atoms with E-state index in [1.54, 1.807) is 18.2 Å². The summed E-state index contributed by atoms with van der Waals surface area (Å²) in [5.41, 5.74) is 1.14. The molecule has 3 aromatic rings. The lowest BCUT2D eigenvalue weighted by Gasteiger charge is -2.17. The molecule has 0 aliphatic rings. The predicted octanol–water partition coefficient (Wildman–Crippen LogP) is 7.09. The molecule has 1 amide bonds. The first-order chi connectivity index (χ1) is 15.3. The molecule has 3 nitrogen and oxygen atoms in total. The van der Waals surface area contributed by atoms with E-state index < -0.39 is 17.6 Å². The van der Waals surface area contributed by atoms with E-state index in [1.165, 1.54) is 23.8 Å². The number of nitrogens with one attached hydrogen (secondary N) is 1. The summed E-state index contributed by atoms with van der Waals surface area (Å²) in [6.45, 7) is 4.38. The molecule has 6 heteroatoms. The largest absolute Gasteiger partial charge is 0.494 e. The zero-order valence-electron chi connectivity index (χ0n) is 18.1. The quantitative estimate of drug-likeness (QED) is 0.379. The van der Waals surface area contributed by atoms with Gasteiger partial charge in [0.2, 0.25) is 0 Å². The summed E-state index contributed by atoms with van der Waals surface area (Å²) in [7, 11) is 0. The number of alkyl halides is 3. The minimum Gasteiger partial charge on any atom is -0.494 e. The molecular weight excluding hydrogens is 415 g/mol. The summed E-state index contributed by atoms with van der Waals surface area (Å²) in [6, 6.07) is 20.2. The summed E-state index contributed by atoms with van der Waals surface area (Å²) in [4.78, 5) is 12.8. The zero-order chi connectivity index (χ0) is 23.1. The smallest absolute Gasteiger partial charge is 0.418 e. The SMILES string of the molecule is CC(C)c1cc(OCCCc2ccccc2)ccc1C(=O)Nc1ccccc1C(F)(F)F. The summed E-state index contributed by atoms with van der Waals surface area (Å²) in [5, 5.41) is 2.42. The highest BCUT2D eigenvalue weighted by atomic mass is 19.4. The Morgan fingerprint density at radius 2 is 1.66 bits per heavy atom. The number of ether oxygens (including phenoxy) is 1. The van der Waals surface area contributed by atoms with Crippen LogP contribution >= 0.6 is 0 Å².